The topological polar surface area (TPSA) is 116 Å². The lowest BCUT2D eigenvalue weighted by Crippen LogP contribution is -2.37. The minimum atomic E-state index is -0.322. The molecule has 1 unspecified atom stereocenters. The number of benzene rings is 1. The number of Topliss-reactive ketones (excluding diaryl/α,β-unsaturated/α-hetero) is 1. The lowest BCUT2D eigenvalue weighted by atomic mass is 9.90. The van der Waals surface area contributed by atoms with E-state index in [4.69, 9.17) is 10.7 Å². The number of aliphatic imine (C=N–C) groups is 1. The number of carbonyl (C=O) groups is 2. The Morgan fingerprint density at radius 2 is 1.95 bits per heavy atom. The van der Waals surface area contributed by atoms with Crippen molar-refractivity contribution < 1.29 is 14.0 Å². The number of aromatic amines is 1. The van der Waals surface area contributed by atoms with Crippen LogP contribution in [0.1, 0.15) is 89.1 Å². The van der Waals surface area contributed by atoms with E-state index in [0.717, 1.165) is 69.4 Å². The molecule has 2 aliphatic rings. The number of nitrogens with one attached hydrogen (secondary N) is 2. The largest absolute Gasteiger partial charge is 0.405 e. The zero-order valence-corrected chi connectivity index (χ0v) is 24.7. The Bertz CT molecular complexity index is 1240. The second kappa shape index (κ2) is 14.0. The smallest absolute Gasteiger partial charge is 0.224 e. The van der Waals surface area contributed by atoms with E-state index in [9.17, 15) is 14.0 Å². The third-order valence-electron chi connectivity index (χ3n) is 8.90. The number of amides is 1. The maximum Gasteiger partial charge on any atom is 0.224 e. The van der Waals surface area contributed by atoms with Crippen LogP contribution in [0.2, 0.25) is 0 Å². The van der Waals surface area contributed by atoms with Gasteiger partial charge in [-0.2, -0.15) is 0 Å². The minimum absolute atomic E-state index is 0.0253. The Kier molecular flexibility index (Phi) is 10.5. The van der Waals surface area contributed by atoms with Crippen molar-refractivity contribution in [3.63, 3.8) is 0 Å². The average Bonchev–Trinajstić information content (AvgIpc) is 3.51. The molecule has 1 aromatic carbocycles. The number of likely N-dealkylation sites (tertiary alicyclic amines) is 1. The van der Waals surface area contributed by atoms with Crippen LogP contribution < -0.4 is 11.1 Å². The van der Waals surface area contributed by atoms with Crippen molar-refractivity contribution in [1.82, 2.24) is 20.2 Å². The summed E-state index contributed by atoms with van der Waals surface area (Å²) in [7, 11) is 1.68. The monoisotopic (exact) mass is 564 g/mol. The first-order valence-corrected chi connectivity index (χ1v) is 15.1. The molecule has 2 atom stereocenters. The molecule has 1 saturated heterocycles. The van der Waals surface area contributed by atoms with E-state index in [2.05, 4.69) is 27.1 Å². The molecule has 8 nitrogen and oxygen atoms in total. The van der Waals surface area contributed by atoms with Crippen molar-refractivity contribution in [2.45, 2.75) is 77.7 Å². The third-order valence-corrected chi connectivity index (χ3v) is 8.90. The zero-order valence-electron chi connectivity index (χ0n) is 24.7. The molecular formula is C32H45FN6O2. The number of nitrogens with zero attached hydrogens (tertiary/aromatic N) is 3. The van der Waals surface area contributed by atoms with E-state index in [1.54, 1.807) is 25.3 Å². The van der Waals surface area contributed by atoms with Crippen LogP contribution in [-0.2, 0) is 9.59 Å². The van der Waals surface area contributed by atoms with Crippen molar-refractivity contribution in [3.8, 4) is 11.4 Å². The van der Waals surface area contributed by atoms with Crippen molar-refractivity contribution in [2.75, 3.05) is 26.7 Å². The Morgan fingerprint density at radius 3 is 2.59 bits per heavy atom. The molecule has 4 N–H and O–H groups in total. The molecule has 1 aliphatic carbocycles. The van der Waals surface area contributed by atoms with Gasteiger partial charge < -0.3 is 20.9 Å². The summed E-state index contributed by atoms with van der Waals surface area (Å²) >= 11 is 0. The van der Waals surface area contributed by atoms with Gasteiger partial charge in [0, 0.05) is 31.4 Å². The summed E-state index contributed by atoms with van der Waals surface area (Å²) in [5.41, 5.74) is 8.56. The van der Waals surface area contributed by atoms with Gasteiger partial charge in [-0.25, -0.2) is 9.37 Å². The number of hydrogen-bond donors (Lipinski definition) is 3. The molecule has 4 rings (SSSR count). The van der Waals surface area contributed by atoms with Crippen LogP contribution >= 0.6 is 0 Å². The molecule has 0 bridgehead atoms. The highest BCUT2D eigenvalue weighted by Crippen LogP contribution is 2.59. The highest BCUT2D eigenvalue weighted by atomic mass is 19.1. The molecule has 1 aromatic heterocycles. The lowest BCUT2D eigenvalue weighted by molar-refractivity contribution is -0.124. The van der Waals surface area contributed by atoms with E-state index in [-0.39, 0.29) is 34.9 Å². The number of rotatable bonds is 14. The second-order valence-electron chi connectivity index (χ2n) is 11.4. The van der Waals surface area contributed by atoms with Gasteiger partial charge in [0.2, 0.25) is 5.91 Å². The van der Waals surface area contributed by atoms with Crippen molar-refractivity contribution in [3.05, 3.63) is 53.7 Å². The average molecular weight is 565 g/mol. The van der Waals surface area contributed by atoms with E-state index in [0.29, 0.717) is 36.5 Å². The number of imidazole rings is 1. The molecule has 1 amide bonds. The standard InChI is InChI=1S/C32H45FN6O2/c1-4-24(40)9-7-6-8-10-27(36-31(41)25-21-32(25)16-19-39(5-2)20-17-32)29-28(26(35-3)15-18-34)37-30(38-29)22-11-13-23(33)14-12-22/h11-15,18,25,27H,4-10,16-17,19-21,34H2,1-3H3,(H,36,41)(H,37,38)/b18-15-,35-26?/t25?,27-/m0/s1. The van der Waals surface area contributed by atoms with E-state index < -0.39 is 0 Å². The zero-order chi connectivity index (χ0) is 29.4. The van der Waals surface area contributed by atoms with Crippen molar-refractivity contribution >= 4 is 17.4 Å². The molecule has 9 heteroatoms. The van der Waals surface area contributed by atoms with Crippen molar-refractivity contribution in [1.29, 1.82) is 0 Å². The second-order valence-corrected chi connectivity index (χ2v) is 11.4. The number of hydrogen-bond acceptors (Lipinski definition) is 6. The fraction of sp³-hybridized carbons (Fsp3) is 0.562. The SMILES string of the molecule is CCC(=O)CCCCC[C@H](NC(=O)C1CC12CCN(CC)CC2)c1[nH]c(-c2ccc(F)cc2)nc1C(/C=C\N)=NC. The molecule has 1 saturated carbocycles. The van der Waals surface area contributed by atoms with Gasteiger partial charge in [-0.3, -0.25) is 14.6 Å². The van der Waals surface area contributed by atoms with Crippen LogP contribution in [0.3, 0.4) is 0 Å². The summed E-state index contributed by atoms with van der Waals surface area (Å²) in [6.45, 7) is 7.23. The van der Waals surface area contributed by atoms with Crippen LogP contribution in [0.25, 0.3) is 11.4 Å². The summed E-state index contributed by atoms with van der Waals surface area (Å²) < 4.78 is 13.6. The number of aromatic nitrogens is 2. The van der Waals surface area contributed by atoms with Crippen LogP contribution in [-0.4, -0.2) is 59.0 Å². The Balaban J connectivity index is 1.59. The number of ketones is 1. The van der Waals surface area contributed by atoms with Gasteiger partial charge in [-0.1, -0.05) is 26.7 Å². The first-order valence-electron chi connectivity index (χ1n) is 15.1. The molecule has 2 aromatic rings. The fourth-order valence-electron chi connectivity index (χ4n) is 6.10. The van der Waals surface area contributed by atoms with Crippen LogP contribution in [0.5, 0.6) is 0 Å². The van der Waals surface area contributed by atoms with Gasteiger partial charge >= 0.3 is 0 Å². The van der Waals surface area contributed by atoms with Crippen LogP contribution in [0.15, 0.2) is 41.5 Å². The number of nitrogens with two attached hydrogens (primary N) is 1. The first kappa shape index (κ1) is 30.6. The molecule has 222 valence electrons. The van der Waals surface area contributed by atoms with Gasteiger partial charge in [0.25, 0.3) is 0 Å². The Hall–Kier alpha value is -3.33. The highest BCUT2D eigenvalue weighted by Gasteiger charge is 2.58. The first-order chi connectivity index (χ1) is 19.8. The van der Waals surface area contributed by atoms with E-state index in [1.165, 1.54) is 18.3 Å². The normalized spacial score (nSPS) is 19.5. The number of H-pyrrole nitrogens is 1. The molecule has 1 spiro atoms. The van der Waals surface area contributed by atoms with Crippen LogP contribution in [0.4, 0.5) is 4.39 Å². The molecule has 0 radical (unpaired) electrons. The predicted octanol–water partition coefficient (Wildman–Crippen LogP) is 5.32. The highest BCUT2D eigenvalue weighted by molar-refractivity contribution is 6.08. The Labute approximate surface area is 243 Å². The number of allylic oxidation sites excluding steroid dienone is 1. The molecule has 41 heavy (non-hydrogen) atoms. The van der Waals surface area contributed by atoms with E-state index >= 15 is 0 Å². The van der Waals surface area contributed by atoms with Gasteiger partial charge in [0.05, 0.1) is 17.4 Å². The number of piperidine rings is 1. The lowest BCUT2D eigenvalue weighted by Gasteiger charge is -2.32. The summed E-state index contributed by atoms with van der Waals surface area (Å²) in [4.78, 5) is 40.7. The quantitative estimate of drug-likeness (QED) is 0.212. The fourth-order valence-corrected chi connectivity index (χ4v) is 6.10. The molecule has 1 aliphatic heterocycles. The minimum Gasteiger partial charge on any atom is -0.405 e. The number of carbonyl (C=O) groups excluding carboxylic acids is 2. The summed E-state index contributed by atoms with van der Waals surface area (Å²) in [5, 5.41) is 3.38. The number of halogens is 1. The predicted molar refractivity (Wildman–Crippen MR) is 161 cm³/mol. The summed E-state index contributed by atoms with van der Waals surface area (Å²) in [5.74, 6) is 0.647. The summed E-state index contributed by atoms with van der Waals surface area (Å²) in [6.07, 6.45) is 10.6. The molecular weight excluding hydrogens is 519 g/mol. The van der Waals surface area contributed by atoms with Gasteiger partial charge in [0.15, 0.2) is 0 Å². The summed E-state index contributed by atoms with van der Waals surface area (Å²) in [6, 6.07) is 5.84. The third kappa shape index (κ3) is 7.50. The van der Waals surface area contributed by atoms with E-state index in [1.807, 2.05) is 6.92 Å². The maximum absolute atomic E-state index is 13.7. The van der Waals surface area contributed by atoms with Crippen molar-refractivity contribution in [2.24, 2.45) is 22.1 Å². The van der Waals surface area contributed by atoms with Crippen LogP contribution in [0, 0.1) is 17.2 Å². The van der Waals surface area contributed by atoms with Gasteiger partial charge in [-0.05, 0) is 93.7 Å². The van der Waals surface area contributed by atoms with Gasteiger partial charge in [0.1, 0.15) is 23.1 Å². The van der Waals surface area contributed by atoms with Gasteiger partial charge in [-0.15, -0.1) is 0 Å². The maximum atomic E-state index is 13.7. The molecule has 2 fully saturated rings. The molecule has 2 heterocycles. The Morgan fingerprint density at radius 1 is 1.22 bits per heavy atom. The number of unbranched alkanes of at least 4 members (excludes halogenated alkanes) is 2.